The summed E-state index contributed by atoms with van der Waals surface area (Å²) in [5.41, 5.74) is 5.46. The van der Waals surface area contributed by atoms with E-state index in [9.17, 15) is 4.79 Å². The molecule has 0 saturated carbocycles. The lowest BCUT2D eigenvalue weighted by atomic mass is 9.92. The molecule has 1 amide bonds. The Balaban J connectivity index is 3.29. The molecule has 1 aliphatic rings. The lowest BCUT2D eigenvalue weighted by Crippen LogP contribution is -2.41. The van der Waals surface area contributed by atoms with Crippen LogP contribution in [0.15, 0.2) is 46.1 Å². The highest BCUT2D eigenvalue weighted by Crippen LogP contribution is 2.35. The van der Waals surface area contributed by atoms with Crippen molar-refractivity contribution < 1.29 is 4.79 Å². The summed E-state index contributed by atoms with van der Waals surface area (Å²) in [6.45, 7) is 16.9. The van der Waals surface area contributed by atoms with Crippen LogP contribution in [0, 0.1) is 5.92 Å². The van der Waals surface area contributed by atoms with E-state index >= 15 is 0 Å². The highest BCUT2D eigenvalue weighted by Gasteiger charge is 2.26. The minimum atomic E-state index is -0.230. The molecule has 23 heavy (non-hydrogen) atoms. The van der Waals surface area contributed by atoms with Crippen molar-refractivity contribution in [2.45, 2.75) is 73.8 Å². The summed E-state index contributed by atoms with van der Waals surface area (Å²) in [5, 5.41) is 3.10. The van der Waals surface area contributed by atoms with E-state index in [1.54, 1.807) is 0 Å². The minimum absolute atomic E-state index is 0.0196. The van der Waals surface area contributed by atoms with Gasteiger partial charge in [-0.15, -0.1) is 0 Å². The highest BCUT2D eigenvalue weighted by atomic mass is 16.1. The van der Waals surface area contributed by atoms with Gasteiger partial charge in [-0.2, -0.15) is 0 Å². The second kappa shape index (κ2) is 7.81. The molecular weight excluding hydrogens is 282 g/mol. The Kier molecular flexibility index (Phi) is 6.61. The first kappa shape index (κ1) is 19.5. The van der Waals surface area contributed by atoms with Gasteiger partial charge in [-0.25, -0.2) is 0 Å². The molecule has 0 spiro atoms. The van der Waals surface area contributed by atoms with Crippen LogP contribution in [-0.2, 0) is 4.79 Å². The molecule has 0 atom stereocenters. The average molecular weight is 316 g/mol. The molecule has 1 N–H and O–H groups in total. The lowest BCUT2D eigenvalue weighted by Gasteiger charge is -2.22. The SMILES string of the molecule is CC/C=C(\C=C1\C(C(=O)NC(C)(C)C)=CC(C)=C1CC)C(C)C. The van der Waals surface area contributed by atoms with E-state index in [0.29, 0.717) is 5.92 Å². The minimum Gasteiger partial charge on any atom is -0.347 e. The quantitative estimate of drug-likeness (QED) is 0.714. The van der Waals surface area contributed by atoms with E-state index in [0.717, 1.165) is 24.0 Å². The summed E-state index contributed by atoms with van der Waals surface area (Å²) in [7, 11) is 0. The zero-order chi connectivity index (χ0) is 17.8. The van der Waals surface area contributed by atoms with Crippen LogP contribution in [-0.4, -0.2) is 11.4 Å². The van der Waals surface area contributed by atoms with Crippen molar-refractivity contribution in [2.24, 2.45) is 5.92 Å². The number of carbonyl (C=O) groups excluding carboxylic acids is 1. The number of rotatable bonds is 5. The van der Waals surface area contributed by atoms with Crippen molar-refractivity contribution >= 4 is 5.91 Å². The molecule has 2 nitrogen and oxygen atoms in total. The van der Waals surface area contributed by atoms with E-state index < -0.39 is 0 Å². The van der Waals surface area contributed by atoms with E-state index in [-0.39, 0.29) is 11.4 Å². The second-order valence-corrected chi connectivity index (χ2v) is 7.60. The molecule has 0 aromatic heterocycles. The maximum Gasteiger partial charge on any atom is 0.252 e. The van der Waals surface area contributed by atoms with Gasteiger partial charge < -0.3 is 5.32 Å². The summed E-state index contributed by atoms with van der Waals surface area (Å²) in [6.07, 6.45) is 8.47. The Hall–Kier alpha value is -1.57. The Morgan fingerprint density at radius 3 is 2.30 bits per heavy atom. The molecule has 0 aliphatic heterocycles. The normalized spacial score (nSPS) is 18.0. The van der Waals surface area contributed by atoms with Gasteiger partial charge in [0.15, 0.2) is 0 Å². The fourth-order valence-corrected chi connectivity index (χ4v) is 2.85. The van der Waals surface area contributed by atoms with Crippen molar-refractivity contribution in [1.29, 1.82) is 0 Å². The molecule has 0 saturated heterocycles. The third-order valence-electron chi connectivity index (χ3n) is 3.96. The Bertz CT molecular complexity index is 577. The van der Waals surface area contributed by atoms with Gasteiger partial charge >= 0.3 is 0 Å². The van der Waals surface area contributed by atoms with Crippen molar-refractivity contribution in [2.75, 3.05) is 0 Å². The average Bonchev–Trinajstić information content (AvgIpc) is 2.72. The van der Waals surface area contributed by atoms with Crippen molar-refractivity contribution in [3.63, 3.8) is 0 Å². The van der Waals surface area contributed by atoms with Crippen LogP contribution in [0.3, 0.4) is 0 Å². The van der Waals surface area contributed by atoms with Gasteiger partial charge in [0.05, 0.1) is 0 Å². The van der Waals surface area contributed by atoms with E-state index in [4.69, 9.17) is 0 Å². The molecule has 0 bridgehead atoms. The lowest BCUT2D eigenvalue weighted by molar-refractivity contribution is -0.118. The smallest absolute Gasteiger partial charge is 0.252 e. The van der Waals surface area contributed by atoms with Crippen LogP contribution in [0.2, 0.25) is 0 Å². The van der Waals surface area contributed by atoms with Crippen LogP contribution < -0.4 is 5.32 Å². The molecule has 1 aliphatic carbocycles. The monoisotopic (exact) mass is 315 g/mol. The van der Waals surface area contributed by atoms with Crippen LogP contribution in [0.4, 0.5) is 0 Å². The molecule has 0 unspecified atom stereocenters. The Morgan fingerprint density at radius 2 is 1.87 bits per heavy atom. The Morgan fingerprint density at radius 1 is 1.26 bits per heavy atom. The molecule has 128 valence electrons. The molecule has 0 radical (unpaired) electrons. The van der Waals surface area contributed by atoms with E-state index in [2.05, 4.69) is 52.1 Å². The number of nitrogens with one attached hydrogen (secondary N) is 1. The standard InChI is InChI=1S/C21H33NO/c1-9-11-16(14(3)4)13-18-17(10-2)15(5)12-19(18)20(23)22-21(6,7)8/h11-14H,9-10H2,1-8H3,(H,22,23)/b16-11+,18-13+. The van der Waals surface area contributed by atoms with Gasteiger partial charge in [0.1, 0.15) is 0 Å². The van der Waals surface area contributed by atoms with Gasteiger partial charge in [0.25, 0.3) is 5.91 Å². The van der Waals surface area contributed by atoms with Crippen LogP contribution in [0.5, 0.6) is 0 Å². The van der Waals surface area contributed by atoms with Crippen molar-refractivity contribution in [3.8, 4) is 0 Å². The van der Waals surface area contributed by atoms with E-state index in [1.165, 1.54) is 16.7 Å². The molecule has 0 heterocycles. The second-order valence-electron chi connectivity index (χ2n) is 7.60. The Labute approximate surface area is 142 Å². The number of amides is 1. The maximum atomic E-state index is 12.7. The number of allylic oxidation sites excluding steroid dienone is 6. The first-order valence-electron chi connectivity index (χ1n) is 8.77. The molecule has 0 aromatic carbocycles. The number of carbonyl (C=O) groups is 1. The third-order valence-corrected chi connectivity index (χ3v) is 3.96. The van der Waals surface area contributed by atoms with Gasteiger partial charge in [-0.05, 0) is 74.8 Å². The van der Waals surface area contributed by atoms with Crippen LogP contribution >= 0.6 is 0 Å². The summed E-state index contributed by atoms with van der Waals surface area (Å²) in [4.78, 5) is 12.7. The largest absolute Gasteiger partial charge is 0.347 e. The first-order chi connectivity index (χ1) is 10.6. The summed E-state index contributed by atoms with van der Waals surface area (Å²) >= 11 is 0. The van der Waals surface area contributed by atoms with Crippen molar-refractivity contribution in [3.05, 3.63) is 46.1 Å². The van der Waals surface area contributed by atoms with Crippen molar-refractivity contribution in [1.82, 2.24) is 5.32 Å². The van der Waals surface area contributed by atoms with Crippen LogP contribution in [0.25, 0.3) is 0 Å². The fraction of sp³-hybridized carbons (Fsp3) is 0.571. The predicted molar refractivity (Wildman–Crippen MR) is 100 cm³/mol. The zero-order valence-electron chi connectivity index (χ0n) is 16.1. The van der Waals surface area contributed by atoms with Gasteiger partial charge in [-0.3, -0.25) is 4.79 Å². The first-order valence-corrected chi connectivity index (χ1v) is 8.77. The van der Waals surface area contributed by atoms with Crippen LogP contribution in [0.1, 0.15) is 68.2 Å². The molecular formula is C21H33NO. The molecule has 2 heteroatoms. The number of hydrogen-bond donors (Lipinski definition) is 1. The van der Waals surface area contributed by atoms with Gasteiger partial charge in [0.2, 0.25) is 0 Å². The molecule has 1 rings (SSSR count). The zero-order valence-corrected chi connectivity index (χ0v) is 16.1. The van der Waals surface area contributed by atoms with Gasteiger partial charge in [0, 0.05) is 11.1 Å². The topological polar surface area (TPSA) is 29.1 Å². The number of hydrogen-bond acceptors (Lipinski definition) is 1. The van der Waals surface area contributed by atoms with E-state index in [1.807, 2.05) is 26.8 Å². The van der Waals surface area contributed by atoms with Gasteiger partial charge in [-0.1, -0.05) is 39.8 Å². The summed E-state index contributed by atoms with van der Waals surface area (Å²) in [6, 6.07) is 0. The summed E-state index contributed by atoms with van der Waals surface area (Å²) in [5.74, 6) is 0.472. The predicted octanol–water partition coefficient (Wildman–Crippen LogP) is 5.49. The fourth-order valence-electron chi connectivity index (χ4n) is 2.85. The molecule has 0 fully saturated rings. The summed E-state index contributed by atoms with van der Waals surface area (Å²) < 4.78 is 0. The third kappa shape index (κ3) is 5.23. The molecule has 0 aromatic rings. The highest BCUT2D eigenvalue weighted by molar-refractivity contribution is 6.01. The maximum absolute atomic E-state index is 12.7.